The molecular weight excluding hydrogens is 342 g/mol. The largest absolute Gasteiger partial charge is 0.860 e. The van der Waals surface area contributed by atoms with Crippen LogP contribution >= 0.6 is 22.7 Å². The molecule has 0 atom stereocenters. The first-order valence-electron chi connectivity index (χ1n) is 7.19. The Balaban J connectivity index is 2.13. The van der Waals surface area contributed by atoms with Gasteiger partial charge in [0.2, 0.25) is 5.69 Å². The van der Waals surface area contributed by atoms with Crippen molar-refractivity contribution in [2.75, 3.05) is 0 Å². The van der Waals surface area contributed by atoms with E-state index >= 15 is 0 Å². The smallest absolute Gasteiger partial charge is 0.402 e. The first-order valence-corrected chi connectivity index (χ1v) is 8.82. The summed E-state index contributed by atoms with van der Waals surface area (Å²) in [4.78, 5) is 12.6. The monoisotopic (exact) mass is 353 g/mol. The Labute approximate surface area is 145 Å². The standard InChI is InChI=1S/C18H11NO3S2/c20-16(21)14-17(22)24-18-19(14)13(11-7-3-1-4-8-11)15(23-18)12-9-5-2-6-10-12/h1-10H,(H-,20,21,22). The van der Waals surface area contributed by atoms with E-state index in [1.54, 1.807) is 4.40 Å². The van der Waals surface area contributed by atoms with Crippen molar-refractivity contribution in [3.8, 4) is 26.8 Å². The number of thiazole rings is 2. The van der Waals surface area contributed by atoms with Crippen molar-refractivity contribution in [3.05, 3.63) is 66.4 Å². The molecule has 0 aliphatic rings. The number of hydrogen-bond donors (Lipinski definition) is 1. The zero-order chi connectivity index (χ0) is 16.7. The molecule has 0 aliphatic heterocycles. The summed E-state index contributed by atoms with van der Waals surface area (Å²) >= 11 is 2.42. The van der Waals surface area contributed by atoms with E-state index in [0.29, 0.717) is 4.14 Å². The fourth-order valence-corrected chi connectivity index (χ4v) is 5.05. The third-order valence-corrected chi connectivity index (χ3v) is 5.92. The van der Waals surface area contributed by atoms with E-state index in [-0.39, 0.29) is 5.69 Å². The van der Waals surface area contributed by atoms with Gasteiger partial charge in [-0.25, -0.2) is 4.79 Å². The van der Waals surface area contributed by atoms with Gasteiger partial charge in [0.25, 0.3) is 0 Å². The third-order valence-electron chi connectivity index (χ3n) is 3.69. The Morgan fingerprint density at radius 3 is 2.08 bits per heavy atom. The quantitative estimate of drug-likeness (QED) is 0.572. The minimum atomic E-state index is -1.20. The third kappa shape index (κ3) is 2.28. The SMILES string of the molecule is O=C(O)c1c([O-])sc2sc(-c3ccccc3)c(-c3ccccc3)[n+]12. The summed E-state index contributed by atoms with van der Waals surface area (Å²) in [6.07, 6.45) is 0. The number of carboxylic acid groups (broad SMARTS) is 1. The lowest BCUT2D eigenvalue weighted by Crippen LogP contribution is -2.28. The second kappa shape index (κ2) is 5.74. The number of fused-ring (bicyclic) bond motifs is 1. The van der Waals surface area contributed by atoms with Crippen LogP contribution in [0.3, 0.4) is 0 Å². The first kappa shape index (κ1) is 14.9. The Kier molecular flexibility index (Phi) is 3.55. The minimum Gasteiger partial charge on any atom is -0.860 e. The van der Waals surface area contributed by atoms with Gasteiger partial charge in [0.1, 0.15) is 4.88 Å². The second-order valence-electron chi connectivity index (χ2n) is 5.16. The molecule has 0 radical (unpaired) electrons. The van der Waals surface area contributed by atoms with Crippen molar-refractivity contribution < 1.29 is 19.4 Å². The number of aromatic nitrogens is 1. The Morgan fingerprint density at radius 1 is 0.917 bits per heavy atom. The van der Waals surface area contributed by atoms with Crippen LogP contribution in [0.5, 0.6) is 5.06 Å². The van der Waals surface area contributed by atoms with E-state index < -0.39 is 11.0 Å². The van der Waals surface area contributed by atoms with Crippen molar-refractivity contribution in [1.82, 2.24) is 0 Å². The van der Waals surface area contributed by atoms with Gasteiger partial charge in [-0.05, 0) is 29.0 Å². The molecule has 118 valence electrons. The Hall–Kier alpha value is -2.70. The molecule has 0 amide bonds. The second-order valence-corrected chi connectivity index (χ2v) is 7.38. The fourth-order valence-electron chi connectivity index (χ4n) is 2.69. The fraction of sp³-hybridized carbons (Fsp3) is 0. The number of carboxylic acids is 1. The van der Waals surface area contributed by atoms with E-state index in [0.717, 1.165) is 33.0 Å². The topological polar surface area (TPSA) is 64.5 Å². The van der Waals surface area contributed by atoms with Gasteiger partial charge in [-0.2, -0.15) is 0 Å². The molecule has 4 rings (SSSR count). The van der Waals surface area contributed by atoms with Crippen LogP contribution in [0.25, 0.3) is 25.8 Å². The molecular formula is C18H11NO3S2. The molecule has 2 heterocycles. The van der Waals surface area contributed by atoms with Crippen LogP contribution in [0.2, 0.25) is 0 Å². The lowest BCUT2D eigenvalue weighted by molar-refractivity contribution is -0.498. The minimum absolute atomic E-state index is 0.202. The summed E-state index contributed by atoms with van der Waals surface area (Å²) in [5, 5.41) is 21.2. The Bertz CT molecular complexity index is 1040. The molecule has 6 heteroatoms. The van der Waals surface area contributed by atoms with Crippen LogP contribution in [-0.2, 0) is 0 Å². The number of hydrogen-bond acceptors (Lipinski definition) is 4. The molecule has 0 aliphatic carbocycles. The molecule has 0 fully saturated rings. The molecule has 2 aromatic heterocycles. The van der Waals surface area contributed by atoms with Crippen LogP contribution < -0.4 is 9.51 Å². The summed E-state index contributed by atoms with van der Waals surface area (Å²) in [5.74, 6) is -1.20. The normalized spacial score (nSPS) is 11.0. The van der Waals surface area contributed by atoms with E-state index in [1.165, 1.54) is 11.3 Å². The molecule has 0 spiro atoms. The molecule has 4 nitrogen and oxygen atoms in total. The van der Waals surface area contributed by atoms with Crippen LogP contribution in [0.1, 0.15) is 10.5 Å². The molecule has 0 unspecified atom stereocenters. The van der Waals surface area contributed by atoms with Crippen molar-refractivity contribution in [2.45, 2.75) is 0 Å². The van der Waals surface area contributed by atoms with Gasteiger partial charge in [0.15, 0.2) is 0 Å². The molecule has 0 saturated carbocycles. The van der Waals surface area contributed by atoms with E-state index in [9.17, 15) is 15.0 Å². The van der Waals surface area contributed by atoms with Gasteiger partial charge < -0.3 is 10.2 Å². The zero-order valence-electron chi connectivity index (χ0n) is 12.3. The van der Waals surface area contributed by atoms with Crippen LogP contribution in [0, 0.1) is 0 Å². The van der Waals surface area contributed by atoms with E-state index in [4.69, 9.17) is 0 Å². The van der Waals surface area contributed by atoms with Gasteiger partial charge >= 0.3 is 15.8 Å². The number of rotatable bonds is 3. The maximum Gasteiger partial charge on any atom is 0.402 e. The van der Waals surface area contributed by atoms with Crippen molar-refractivity contribution in [1.29, 1.82) is 0 Å². The van der Waals surface area contributed by atoms with E-state index in [1.807, 2.05) is 60.7 Å². The number of carbonyl (C=O) groups is 1. The molecule has 0 saturated heterocycles. The van der Waals surface area contributed by atoms with Crippen molar-refractivity contribution in [2.24, 2.45) is 0 Å². The van der Waals surface area contributed by atoms with Gasteiger partial charge in [-0.3, -0.25) is 0 Å². The molecule has 24 heavy (non-hydrogen) atoms. The van der Waals surface area contributed by atoms with Gasteiger partial charge in [0.05, 0.1) is 0 Å². The summed E-state index contributed by atoms with van der Waals surface area (Å²) in [6, 6.07) is 19.4. The molecule has 4 aromatic rings. The summed E-state index contributed by atoms with van der Waals surface area (Å²) < 4.78 is 2.26. The summed E-state index contributed by atoms with van der Waals surface area (Å²) in [5.41, 5.74) is 2.43. The highest BCUT2D eigenvalue weighted by atomic mass is 32.2. The number of aromatic carboxylic acids is 1. The van der Waals surface area contributed by atoms with Crippen LogP contribution in [0.4, 0.5) is 0 Å². The predicted octanol–water partition coefficient (Wildman–Crippen LogP) is 3.65. The molecule has 2 aromatic carbocycles. The van der Waals surface area contributed by atoms with Crippen LogP contribution in [0.15, 0.2) is 60.7 Å². The predicted molar refractivity (Wildman–Crippen MR) is 92.6 cm³/mol. The average Bonchev–Trinajstić information content (AvgIpc) is 3.10. The van der Waals surface area contributed by atoms with Gasteiger partial charge in [-0.15, -0.1) is 4.40 Å². The maximum absolute atomic E-state index is 12.1. The zero-order valence-corrected chi connectivity index (χ0v) is 13.9. The number of nitrogens with zero attached hydrogens (tertiary/aromatic N) is 1. The van der Waals surface area contributed by atoms with Crippen LogP contribution in [-0.4, -0.2) is 11.1 Å². The van der Waals surface area contributed by atoms with Crippen molar-refractivity contribution >= 4 is 32.8 Å². The highest BCUT2D eigenvalue weighted by molar-refractivity contribution is 7.38. The van der Waals surface area contributed by atoms with Crippen molar-refractivity contribution in [3.63, 3.8) is 0 Å². The summed E-state index contributed by atoms with van der Waals surface area (Å²) in [6.45, 7) is 0. The van der Waals surface area contributed by atoms with Gasteiger partial charge in [0, 0.05) is 10.6 Å². The average molecular weight is 353 g/mol. The molecule has 0 bridgehead atoms. The lowest BCUT2D eigenvalue weighted by Gasteiger charge is -2.01. The highest BCUT2D eigenvalue weighted by Crippen LogP contribution is 2.40. The van der Waals surface area contributed by atoms with Gasteiger partial charge in [-0.1, -0.05) is 59.9 Å². The Morgan fingerprint density at radius 2 is 1.50 bits per heavy atom. The maximum atomic E-state index is 12.1. The highest BCUT2D eigenvalue weighted by Gasteiger charge is 2.32. The first-order chi connectivity index (χ1) is 11.7. The lowest BCUT2D eigenvalue weighted by atomic mass is 10.1. The summed E-state index contributed by atoms with van der Waals surface area (Å²) in [7, 11) is 0. The van der Waals surface area contributed by atoms with E-state index in [2.05, 4.69) is 0 Å². The number of benzene rings is 2. The molecule has 1 N–H and O–H groups in total.